The van der Waals surface area contributed by atoms with Gasteiger partial charge in [-0.2, -0.15) is 13.2 Å². The van der Waals surface area contributed by atoms with Gasteiger partial charge in [0.15, 0.2) is 0 Å². The van der Waals surface area contributed by atoms with Crippen LogP contribution in [0.25, 0.3) is 22.0 Å². The highest BCUT2D eigenvalue weighted by molar-refractivity contribution is 8.13. The van der Waals surface area contributed by atoms with Crippen LogP contribution in [0.2, 0.25) is 0 Å². The first-order valence-corrected chi connectivity index (χ1v) is 15.3. The van der Waals surface area contributed by atoms with E-state index in [-0.39, 0.29) is 12.3 Å². The third-order valence-corrected chi connectivity index (χ3v) is 9.90. The maximum atomic E-state index is 13.4. The van der Waals surface area contributed by atoms with Gasteiger partial charge in [0.1, 0.15) is 5.76 Å². The monoisotopic (exact) mass is 618 g/mol. The lowest BCUT2D eigenvalue weighted by Crippen LogP contribution is -2.28. The third kappa shape index (κ3) is 6.49. The van der Waals surface area contributed by atoms with Crippen LogP contribution in [-0.4, -0.2) is 25.7 Å². The van der Waals surface area contributed by atoms with Gasteiger partial charge in [0.2, 0.25) is 5.76 Å². The molecule has 1 unspecified atom stereocenters. The number of fused-ring (bicyclic) bond motifs is 1. The highest BCUT2D eigenvalue weighted by atomic mass is 32.2. The SMILES string of the molecule is C/C=S(\c1c(C)ccc2ncccc12)N(Cc1ccc(-c2cccc(C(C)(C)C(=O)O)c2)cc1)Cc1ccc(C(F)(F)F)o1. The van der Waals surface area contributed by atoms with Gasteiger partial charge in [-0.15, -0.1) is 0 Å². The summed E-state index contributed by atoms with van der Waals surface area (Å²) in [5.74, 6) is -1.69. The molecular weight excluding hydrogens is 585 g/mol. The second-order valence-corrected chi connectivity index (χ2v) is 13.1. The van der Waals surface area contributed by atoms with Crippen LogP contribution < -0.4 is 0 Å². The van der Waals surface area contributed by atoms with E-state index in [1.54, 1.807) is 20.0 Å². The van der Waals surface area contributed by atoms with Crippen LogP contribution in [0.3, 0.4) is 0 Å². The van der Waals surface area contributed by atoms with Gasteiger partial charge in [0.25, 0.3) is 0 Å². The van der Waals surface area contributed by atoms with Crippen molar-refractivity contribution in [3.8, 4) is 11.1 Å². The van der Waals surface area contributed by atoms with Gasteiger partial charge in [0.05, 0.1) is 17.5 Å². The summed E-state index contributed by atoms with van der Waals surface area (Å²) in [6.07, 6.45) is -2.82. The number of hydrogen-bond donors (Lipinski definition) is 1. The molecule has 0 fully saturated rings. The van der Waals surface area contributed by atoms with Gasteiger partial charge in [-0.3, -0.25) is 9.78 Å². The molecule has 0 aliphatic heterocycles. The lowest BCUT2D eigenvalue weighted by Gasteiger charge is -2.28. The average molecular weight is 619 g/mol. The number of halogens is 3. The van der Waals surface area contributed by atoms with Crippen molar-refractivity contribution in [2.45, 2.75) is 57.3 Å². The number of aryl methyl sites for hydroxylation is 1. The van der Waals surface area contributed by atoms with Crippen molar-refractivity contribution >= 4 is 32.9 Å². The minimum absolute atomic E-state index is 0.160. The fourth-order valence-corrected chi connectivity index (χ4v) is 7.25. The number of carbonyl (C=O) groups is 1. The predicted molar refractivity (Wildman–Crippen MR) is 170 cm³/mol. The fourth-order valence-electron chi connectivity index (χ4n) is 5.11. The number of rotatable bonds is 9. The number of pyridine rings is 1. The summed E-state index contributed by atoms with van der Waals surface area (Å²) in [4.78, 5) is 17.4. The summed E-state index contributed by atoms with van der Waals surface area (Å²) in [5.41, 5.74) is 4.38. The number of aliphatic carboxylic acids is 1. The molecule has 0 saturated heterocycles. The molecule has 0 bridgehead atoms. The van der Waals surface area contributed by atoms with Crippen LogP contribution in [0.5, 0.6) is 0 Å². The first-order valence-electron chi connectivity index (χ1n) is 14.1. The average Bonchev–Trinajstić information content (AvgIpc) is 3.48. The molecule has 5 nitrogen and oxygen atoms in total. The molecule has 44 heavy (non-hydrogen) atoms. The van der Waals surface area contributed by atoms with Crippen molar-refractivity contribution in [1.29, 1.82) is 0 Å². The molecule has 1 atom stereocenters. The molecule has 2 aromatic heterocycles. The van der Waals surface area contributed by atoms with E-state index in [0.29, 0.717) is 12.1 Å². The molecule has 0 saturated carbocycles. The molecule has 0 aliphatic carbocycles. The van der Waals surface area contributed by atoms with Gasteiger partial charge in [-0.05, 0) is 85.1 Å². The van der Waals surface area contributed by atoms with Gasteiger partial charge in [-0.25, -0.2) is 4.31 Å². The maximum Gasteiger partial charge on any atom is 0.449 e. The maximum absolute atomic E-state index is 13.4. The summed E-state index contributed by atoms with van der Waals surface area (Å²) in [5, 5.41) is 12.7. The van der Waals surface area contributed by atoms with Crippen LogP contribution in [0.15, 0.2) is 100 Å². The third-order valence-electron chi connectivity index (χ3n) is 7.68. The number of alkyl halides is 3. The Morgan fingerprint density at radius 2 is 1.70 bits per heavy atom. The molecule has 0 radical (unpaired) electrons. The first-order chi connectivity index (χ1) is 20.9. The van der Waals surface area contributed by atoms with E-state index in [1.165, 1.54) is 6.07 Å². The predicted octanol–water partition coefficient (Wildman–Crippen LogP) is 9.25. The summed E-state index contributed by atoms with van der Waals surface area (Å²) < 4.78 is 47.5. The van der Waals surface area contributed by atoms with E-state index in [4.69, 9.17) is 4.42 Å². The van der Waals surface area contributed by atoms with Crippen LogP contribution in [0.1, 0.15) is 49.0 Å². The lowest BCUT2D eigenvalue weighted by molar-refractivity contribution is -0.153. The van der Waals surface area contributed by atoms with Crippen LogP contribution in [-0.2, 0) is 29.5 Å². The van der Waals surface area contributed by atoms with E-state index in [1.807, 2.05) is 86.6 Å². The second kappa shape index (κ2) is 12.4. The number of carboxylic acids is 1. The lowest BCUT2D eigenvalue weighted by atomic mass is 9.83. The first kappa shape index (κ1) is 31.2. The van der Waals surface area contributed by atoms with E-state index in [0.717, 1.165) is 44.1 Å². The van der Waals surface area contributed by atoms with Crippen molar-refractivity contribution in [2.75, 3.05) is 0 Å². The molecule has 5 rings (SSSR count). The van der Waals surface area contributed by atoms with Crippen molar-refractivity contribution in [3.05, 3.63) is 119 Å². The molecule has 3 aromatic carbocycles. The zero-order valence-corrected chi connectivity index (χ0v) is 25.7. The summed E-state index contributed by atoms with van der Waals surface area (Å²) in [6.45, 7) is 7.96. The van der Waals surface area contributed by atoms with Gasteiger partial charge < -0.3 is 9.52 Å². The Morgan fingerprint density at radius 3 is 2.36 bits per heavy atom. The largest absolute Gasteiger partial charge is 0.481 e. The Balaban J connectivity index is 1.51. The number of benzene rings is 3. The van der Waals surface area contributed by atoms with E-state index < -0.39 is 34.0 Å². The zero-order valence-electron chi connectivity index (χ0n) is 24.9. The van der Waals surface area contributed by atoms with Crippen molar-refractivity contribution in [3.63, 3.8) is 0 Å². The van der Waals surface area contributed by atoms with E-state index >= 15 is 0 Å². The van der Waals surface area contributed by atoms with Crippen molar-refractivity contribution in [1.82, 2.24) is 9.29 Å². The van der Waals surface area contributed by atoms with E-state index in [2.05, 4.69) is 14.7 Å². The number of furan rings is 1. The summed E-state index contributed by atoms with van der Waals surface area (Å²) in [6, 6.07) is 25.7. The Morgan fingerprint density at radius 1 is 0.955 bits per heavy atom. The highest BCUT2D eigenvalue weighted by Crippen LogP contribution is 2.41. The van der Waals surface area contributed by atoms with E-state index in [9.17, 15) is 23.1 Å². The number of aromatic nitrogens is 1. The Kier molecular flexibility index (Phi) is 8.81. The molecule has 0 spiro atoms. The topological polar surface area (TPSA) is 66.6 Å². The Hall–Kier alpha value is -4.21. The second-order valence-electron chi connectivity index (χ2n) is 11.1. The summed E-state index contributed by atoms with van der Waals surface area (Å²) in [7, 11) is -0.619. The number of nitrogens with zero attached hydrogens (tertiary/aromatic N) is 2. The molecule has 228 valence electrons. The van der Waals surface area contributed by atoms with Crippen LogP contribution >= 0.6 is 10.7 Å². The standard InChI is InChI=1S/C35H33F3N2O3S/c1-5-44(32-23(2)11-17-30-29(32)10-7-19-39-30)40(22-28-16-18-31(43-28)35(36,37)38)21-24-12-14-25(15-13-24)26-8-6-9-27(20-26)34(3,4)33(41)42/h5-20H,21-22H2,1-4H3,(H,41,42). The normalized spacial score (nSPS) is 13.1. The Bertz CT molecular complexity index is 1840. The Labute approximate surface area is 257 Å². The van der Waals surface area contributed by atoms with Crippen LogP contribution in [0.4, 0.5) is 13.2 Å². The number of carboxylic acid groups (broad SMARTS) is 1. The zero-order chi connectivity index (χ0) is 31.6. The molecular formula is C35H33F3N2O3S. The fraction of sp³-hybridized carbons (Fsp3) is 0.229. The van der Waals surface area contributed by atoms with Gasteiger partial charge in [-0.1, -0.05) is 71.3 Å². The molecule has 0 aliphatic rings. The molecule has 1 N–H and O–H groups in total. The molecule has 0 amide bonds. The quantitative estimate of drug-likeness (QED) is 0.167. The minimum atomic E-state index is -4.56. The summed E-state index contributed by atoms with van der Waals surface area (Å²) >= 11 is 0. The minimum Gasteiger partial charge on any atom is -0.481 e. The molecule has 9 heteroatoms. The number of hydrogen-bond acceptors (Lipinski definition) is 4. The smallest absolute Gasteiger partial charge is 0.449 e. The van der Waals surface area contributed by atoms with Gasteiger partial charge >= 0.3 is 12.1 Å². The highest BCUT2D eigenvalue weighted by Gasteiger charge is 2.35. The molecule has 5 aromatic rings. The van der Waals surface area contributed by atoms with Crippen molar-refractivity contribution in [2.24, 2.45) is 0 Å². The van der Waals surface area contributed by atoms with Gasteiger partial charge in [0, 0.05) is 23.0 Å². The molecule has 2 heterocycles. The van der Waals surface area contributed by atoms with Crippen molar-refractivity contribution < 1.29 is 27.5 Å². The van der Waals surface area contributed by atoms with Crippen LogP contribution in [0, 0.1) is 6.92 Å².